The maximum atomic E-state index is 11.6. The fourth-order valence-electron chi connectivity index (χ4n) is 9.52. The molecule has 5 aromatic carbocycles. The van der Waals surface area contributed by atoms with Gasteiger partial charge in [0.2, 0.25) is 0 Å². The second-order valence-electron chi connectivity index (χ2n) is 18.9. The fourth-order valence-corrected chi connectivity index (χ4v) is 9.52. The lowest BCUT2D eigenvalue weighted by molar-refractivity contribution is -0.356. The lowest BCUT2D eigenvalue weighted by Gasteiger charge is -2.50. The van der Waals surface area contributed by atoms with Crippen LogP contribution in [0.2, 0.25) is 0 Å². The highest BCUT2D eigenvalue weighted by molar-refractivity contribution is 5.28. The van der Waals surface area contributed by atoms with Crippen molar-refractivity contribution in [1.29, 1.82) is 0 Å². The third-order valence-electron chi connectivity index (χ3n) is 13.7. The number of aliphatic hydroxyl groups excluding tert-OH is 2. The molecule has 0 radical (unpaired) electrons. The smallest absolute Gasteiger partial charge is 0.169 e. The summed E-state index contributed by atoms with van der Waals surface area (Å²) in [5, 5.41) is 35.2. The van der Waals surface area contributed by atoms with Crippen molar-refractivity contribution in [2.45, 2.75) is 125 Å². The van der Waals surface area contributed by atoms with Crippen LogP contribution in [0.4, 0.5) is 0 Å². The molecule has 0 bridgehead atoms. The number of benzene rings is 5. The predicted octanol–water partition coefficient (Wildman–Crippen LogP) is 8.17. The summed E-state index contributed by atoms with van der Waals surface area (Å²) in [6.45, 7) is -0.241. The van der Waals surface area contributed by atoms with E-state index in [-0.39, 0.29) is 52.9 Å². The molecule has 3 saturated heterocycles. The molecule has 80 heavy (non-hydrogen) atoms. The Bertz CT molecular complexity index is 2780. The summed E-state index contributed by atoms with van der Waals surface area (Å²) < 4.78 is 82.5. The Morgan fingerprint density at radius 2 is 0.762 bits per heavy atom. The van der Waals surface area contributed by atoms with Crippen molar-refractivity contribution in [2.24, 2.45) is 15.3 Å². The number of azide groups is 3. The fraction of sp³-hybridized carbons (Fsp3) is 0.464. The van der Waals surface area contributed by atoms with Gasteiger partial charge in [0.1, 0.15) is 78.5 Å². The molecule has 3 heterocycles. The molecular weight excluding hydrogens is 1040 g/mol. The van der Waals surface area contributed by atoms with E-state index < -0.39 is 91.9 Å². The van der Waals surface area contributed by atoms with Crippen molar-refractivity contribution < 1.29 is 71.8 Å². The zero-order valence-electron chi connectivity index (χ0n) is 44.3. The van der Waals surface area contributed by atoms with E-state index >= 15 is 0 Å². The Balaban J connectivity index is 1.18. The largest absolute Gasteiger partial charge is 0.497 e. The van der Waals surface area contributed by atoms with Gasteiger partial charge in [-0.3, -0.25) is 0 Å². The highest BCUT2D eigenvalue weighted by Gasteiger charge is 2.55. The molecule has 3 aliphatic heterocycles. The van der Waals surface area contributed by atoms with Crippen molar-refractivity contribution in [1.82, 2.24) is 0 Å². The number of methoxy groups -OCH3 is 3. The Morgan fingerprint density at radius 3 is 1.16 bits per heavy atom. The molecule has 0 spiro atoms. The molecule has 5 aromatic rings. The zero-order valence-corrected chi connectivity index (χ0v) is 44.3. The molecule has 0 amide bonds. The molecule has 424 valence electrons. The summed E-state index contributed by atoms with van der Waals surface area (Å²) >= 11 is 0. The average Bonchev–Trinajstić information content (AvgIpc) is 3.49. The number of aliphatic hydroxyl groups is 2. The first-order valence-electron chi connectivity index (χ1n) is 25.9. The van der Waals surface area contributed by atoms with Gasteiger partial charge in [-0.15, -0.1) is 0 Å². The first kappa shape index (κ1) is 59.2. The van der Waals surface area contributed by atoms with Crippen LogP contribution in [0.1, 0.15) is 27.8 Å². The van der Waals surface area contributed by atoms with E-state index in [2.05, 4.69) is 30.1 Å². The van der Waals surface area contributed by atoms with Gasteiger partial charge in [0.05, 0.1) is 73.2 Å². The summed E-state index contributed by atoms with van der Waals surface area (Å²) in [6.07, 6.45) is -16.1. The summed E-state index contributed by atoms with van der Waals surface area (Å²) in [4.78, 5) is 9.39. The van der Waals surface area contributed by atoms with E-state index in [0.29, 0.717) is 17.1 Å². The Hall–Kier alpha value is -6.89. The highest BCUT2D eigenvalue weighted by Crippen LogP contribution is 2.38. The lowest BCUT2D eigenvalue weighted by atomic mass is 9.94. The quantitative estimate of drug-likeness (QED) is 0.0271. The first-order valence-corrected chi connectivity index (χ1v) is 25.9. The van der Waals surface area contributed by atoms with Gasteiger partial charge in [0.25, 0.3) is 0 Å². The molecule has 24 heteroatoms. The van der Waals surface area contributed by atoms with Crippen molar-refractivity contribution in [3.05, 3.63) is 199 Å². The van der Waals surface area contributed by atoms with Crippen LogP contribution < -0.4 is 9.47 Å². The Kier molecular flexibility index (Phi) is 22.7. The van der Waals surface area contributed by atoms with Crippen LogP contribution in [0, 0.1) is 0 Å². The van der Waals surface area contributed by atoms with Crippen LogP contribution in [-0.2, 0) is 85.1 Å². The summed E-state index contributed by atoms with van der Waals surface area (Å²) in [5.41, 5.74) is 34.3. The molecule has 0 aromatic heterocycles. The van der Waals surface area contributed by atoms with Crippen LogP contribution in [0.25, 0.3) is 31.3 Å². The van der Waals surface area contributed by atoms with Gasteiger partial charge < -0.3 is 71.8 Å². The van der Waals surface area contributed by atoms with Crippen molar-refractivity contribution in [2.75, 3.05) is 41.2 Å². The molecule has 3 aliphatic rings. The molecule has 24 nitrogen and oxygen atoms in total. The van der Waals surface area contributed by atoms with Crippen LogP contribution in [0.5, 0.6) is 11.5 Å². The van der Waals surface area contributed by atoms with Crippen LogP contribution in [0.3, 0.4) is 0 Å². The topological polar surface area (TPSA) is 307 Å². The van der Waals surface area contributed by atoms with E-state index in [4.69, 9.17) is 61.6 Å². The van der Waals surface area contributed by atoms with E-state index in [1.807, 2.05) is 103 Å². The van der Waals surface area contributed by atoms with Gasteiger partial charge in [-0.25, -0.2) is 0 Å². The molecule has 2 N–H and O–H groups in total. The third-order valence-corrected chi connectivity index (χ3v) is 13.7. The summed E-state index contributed by atoms with van der Waals surface area (Å²) in [6, 6.07) is 38.3. The second kappa shape index (κ2) is 30.6. The monoisotopic (exact) mass is 1100 g/mol. The molecule has 8 rings (SSSR count). The minimum Gasteiger partial charge on any atom is -0.497 e. The van der Waals surface area contributed by atoms with E-state index in [9.17, 15) is 26.8 Å². The highest BCUT2D eigenvalue weighted by atomic mass is 16.8. The number of nitrogens with zero attached hydrogens (tertiary/aromatic N) is 9. The van der Waals surface area contributed by atoms with Crippen molar-refractivity contribution >= 4 is 0 Å². The van der Waals surface area contributed by atoms with E-state index in [1.54, 1.807) is 50.6 Å². The number of hydrogen-bond donors (Lipinski definition) is 2. The van der Waals surface area contributed by atoms with Crippen molar-refractivity contribution in [3.8, 4) is 11.5 Å². The van der Waals surface area contributed by atoms with Gasteiger partial charge in [-0.2, -0.15) is 0 Å². The van der Waals surface area contributed by atoms with Gasteiger partial charge in [0, 0.05) is 21.8 Å². The van der Waals surface area contributed by atoms with Gasteiger partial charge in [-0.1, -0.05) is 131 Å². The van der Waals surface area contributed by atoms with Gasteiger partial charge in [-0.05, 0) is 68.7 Å². The van der Waals surface area contributed by atoms with Crippen molar-refractivity contribution in [3.63, 3.8) is 0 Å². The Labute approximate surface area is 462 Å². The molecule has 0 aliphatic carbocycles. The maximum absolute atomic E-state index is 11.6. The van der Waals surface area contributed by atoms with Crippen LogP contribution >= 0.6 is 0 Å². The summed E-state index contributed by atoms with van der Waals surface area (Å²) in [5.74, 6) is 1.22. The minimum atomic E-state index is -1.71. The minimum absolute atomic E-state index is 0.0165. The molecule has 3 fully saturated rings. The lowest BCUT2D eigenvalue weighted by Crippen LogP contribution is -2.66. The summed E-state index contributed by atoms with van der Waals surface area (Å²) in [7, 11) is 4.51. The number of hydrogen-bond acceptors (Lipinski definition) is 18. The Morgan fingerprint density at radius 1 is 0.412 bits per heavy atom. The number of ether oxygens (including phenoxy) is 13. The van der Waals surface area contributed by atoms with Crippen LogP contribution in [-0.4, -0.2) is 143 Å². The molecule has 0 saturated carbocycles. The second-order valence-corrected chi connectivity index (χ2v) is 18.9. The zero-order chi connectivity index (χ0) is 56.1. The van der Waals surface area contributed by atoms with Crippen LogP contribution in [0.15, 0.2) is 155 Å². The first-order chi connectivity index (χ1) is 39.2. The third kappa shape index (κ3) is 15.9. The van der Waals surface area contributed by atoms with Gasteiger partial charge >= 0.3 is 0 Å². The van der Waals surface area contributed by atoms with E-state index in [0.717, 1.165) is 22.3 Å². The average molecular weight is 1100 g/mol. The van der Waals surface area contributed by atoms with E-state index in [1.165, 1.54) is 7.11 Å². The molecular formula is C56H65N9O15. The predicted molar refractivity (Wildman–Crippen MR) is 285 cm³/mol. The maximum Gasteiger partial charge on any atom is 0.169 e. The SMILES string of the molecule is COc1ccc(CO[C@@H]2[C@@H](N=[N+]=[N-])[C@@H](O[C@@H]3[C@H](OCc4ccc(OC)cc4)[C@@H](N=[N+]=[N-])[C@@H](OC)O[C@@H]3COCc3ccccc3)O[C@H](COCc3ccccc3)[C@@H]2O[C@H]2O[C@H](COCc3ccccc3)[C@H](O)[C@H](O)[C@H]2N=[N+]=[N-])cc1. The van der Waals surface area contributed by atoms with Gasteiger partial charge in [0.15, 0.2) is 18.9 Å². The molecule has 0 unspecified atom stereocenters. The molecule has 15 atom stereocenters. The normalized spacial score (nSPS) is 28.3. The number of rotatable bonds is 28. The standard InChI is InChI=1S/C56H65N9O15/c1-68-40-23-19-38(20-24-40)30-74-52-46(61-64-58)54(70-3)77-43(33-72-28-36-15-9-5-10-16-36)50(52)80-56-47(62-65-59)53(75-31-39-21-25-41(69-2)26-22-39)51(44(78-56)34-73-29-37-17-11-6-12-18-37)79-55-45(60-63-57)49(67)48(66)42(76-55)32-71-27-35-13-7-4-8-14-35/h4-26,42-56,66-67H,27-34H2,1-3H3/t42-,43-,44-,45-,46-,47-,48+,49-,50+,51+,52-,53-,54+,55-,56-/m1/s1.